The second-order valence-electron chi connectivity index (χ2n) is 4.73. The molecule has 1 aliphatic carbocycles. The third-order valence-electron chi connectivity index (χ3n) is 3.05. The van der Waals surface area contributed by atoms with Crippen LogP contribution in [-0.4, -0.2) is 11.6 Å². The van der Waals surface area contributed by atoms with Crippen LogP contribution in [0.25, 0.3) is 0 Å². The molecule has 0 radical (unpaired) electrons. The molecular formula is C14H20O2. The van der Waals surface area contributed by atoms with Crippen LogP contribution in [0.1, 0.15) is 40.0 Å². The molecular weight excluding hydrogens is 200 g/mol. The zero-order valence-electron chi connectivity index (χ0n) is 10.3. The van der Waals surface area contributed by atoms with Gasteiger partial charge in [-0.15, -0.1) is 0 Å². The third kappa shape index (κ3) is 3.44. The van der Waals surface area contributed by atoms with Gasteiger partial charge in [-0.25, -0.2) is 0 Å². The quantitative estimate of drug-likeness (QED) is 0.667. The number of allylic oxidation sites excluding steroid dienone is 4. The molecule has 0 heterocycles. The third-order valence-corrected chi connectivity index (χ3v) is 3.05. The molecule has 2 unspecified atom stereocenters. The predicted molar refractivity (Wildman–Crippen MR) is 65.1 cm³/mol. The first-order valence-corrected chi connectivity index (χ1v) is 6.02. The van der Waals surface area contributed by atoms with Crippen molar-refractivity contribution in [3.63, 3.8) is 0 Å². The van der Waals surface area contributed by atoms with Gasteiger partial charge < -0.3 is 0 Å². The average molecular weight is 220 g/mol. The fourth-order valence-corrected chi connectivity index (χ4v) is 2.25. The van der Waals surface area contributed by atoms with Crippen LogP contribution < -0.4 is 0 Å². The highest BCUT2D eigenvalue weighted by atomic mass is 16.1. The van der Waals surface area contributed by atoms with Gasteiger partial charge in [0, 0.05) is 5.57 Å². The molecule has 2 nitrogen and oxygen atoms in total. The Morgan fingerprint density at radius 3 is 2.50 bits per heavy atom. The summed E-state index contributed by atoms with van der Waals surface area (Å²) < 4.78 is 0. The molecule has 1 rings (SSSR count). The van der Waals surface area contributed by atoms with E-state index in [0.717, 1.165) is 6.42 Å². The second kappa shape index (κ2) is 5.78. The van der Waals surface area contributed by atoms with E-state index in [0.29, 0.717) is 11.5 Å². The van der Waals surface area contributed by atoms with Crippen LogP contribution in [0.5, 0.6) is 0 Å². The smallest absolute Gasteiger partial charge is 0.182 e. The first-order valence-electron chi connectivity index (χ1n) is 6.02. The van der Waals surface area contributed by atoms with E-state index in [1.165, 1.54) is 31.1 Å². The zero-order valence-corrected chi connectivity index (χ0v) is 10.3. The first-order chi connectivity index (χ1) is 7.54. The molecule has 0 aromatic carbocycles. The van der Waals surface area contributed by atoms with Crippen LogP contribution in [0.2, 0.25) is 0 Å². The van der Waals surface area contributed by atoms with E-state index in [9.17, 15) is 9.59 Å². The second-order valence-corrected chi connectivity index (χ2v) is 4.73. The van der Waals surface area contributed by atoms with E-state index in [2.05, 4.69) is 13.8 Å². The maximum absolute atomic E-state index is 11.6. The Kier molecular flexibility index (Phi) is 4.66. The van der Waals surface area contributed by atoms with E-state index < -0.39 is 0 Å². The maximum atomic E-state index is 11.6. The van der Waals surface area contributed by atoms with Crippen molar-refractivity contribution in [3.05, 3.63) is 23.8 Å². The van der Waals surface area contributed by atoms with Crippen LogP contribution in [0.3, 0.4) is 0 Å². The number of ketones is 2. The molecule has 0 N–H and O–H groups in total. The minimum Gasteiger partial charge on any atom is -0.290 e. The van der Waals surface area contributed by atoms with Gasteiger partial charge in [0.05, 0.1) is 0 Å². The summed E-state index contributed by atoms with van der Waals surface area (Å²) in [5.41, 5.74) is 0.676. The lowest BCUT2D eigenvalue weighted by atomic mass is 9.85. The van der Waals surface area contributed by atoms with Crippen molar-refractivity contribution >= 4 is 11.6 Å². The van der Waals surface area contributed by atoms with Crippen molar-refractivity contribution in [2.24, 2.45) is 11.8 Å². The molecule has 0 saturated heterocycles. The summed E-state index contributed by atoms with van der Waals surface area (Å²) in [6.07, 6.45) is 7.54. The van der Waals surface area contributed by atoms with Crippen LogP contribution in [0.4, 0.5) is 0 Å². The summed E-state index contributed by atoms with van der Waals surface area (Å²) >= 11 is 0. The molecule has 0 saturated carbocycles. The van der Waals surface area contributed by atoms with Gasteiger partial charge in [0.2, 0.25) is 0 Å². The Labute approximate surface area is 97.4 Å². The number of hydrogen-bond acceptors (Lipinski definition) is 2. The van der Waals surface area contributed by atoms with E-state index in [1.807, 2.05) is 6.92 Å². The van der Waals surface area contributed by atoms with Gasteiger partial charge in [-0.1, -0.05) is 33.6 Å². The molecule has 0 bridgehead atoms. The Morgan fingerprint density at radius 1 is 1.19 bits per heavy atom. The summed E-state index contributed by atoms with van der Waals surface area (Å²) in [4.78, 5) is 22.8. The van der Waals surface area contributed by atoms with E-state index >= 15 is 0 Å². The first kappa shape index (κ1) is 12.9. The van der Waals surface area contributed by atoms with E-state index in [-0.39, 0.29) is 17.5 Å². The lowest BCUT2D eigenvalue weighted by Gasteiger charge is -2.19. The van der Waals surface area contributed by atoms with Crippen molar-refractivity contribution in [2.45, 2.75) is 40.0 Å². The monoisotopic (exact) mass is 220 g/mol. The van der Waals surface area contributed by atoms with Gasteiger partial charge in [0.15, 0.2) is 11.6 Å². The van der Waals surface area contributed by atoms with Crippen molar-refractivity contribution < 1.29 is 9.59 Å². The van der Waals surface area contributed by atoms with Crippen molar-refractivity contribution in [2.75, 3.05) is 0 Å². The van der Waals surface area contributed by atoms with Crippen LogP contribution in [-0.2, 0) is 9.59 Å². The molecule has 0 aromatic rings. The average Bonchev–Trinajstić information content (AvgIpc) is 2.21. The standard InChI is InChI=1S/C14H20O2/c1-4-5-10(2)8-11(3)13-9-12(15)6-7-14(13)16/h6-7,9-11H,4-5,8H2,1-3H3. The Hall–Kier alpha value is -1.18. The molecule has 16 heavy (non-hydrogen) atoms. The van der Waals surface area contributed by atoms with Crippen LogP contribution in [0.15, 0.2) is 23.8 Å². The molecule has 0 aliphatic heterocycles. The molecule has 1 aliphatic rings. The van der Waals surface area contributed by atoms with Crippen LogP contribution in [0, 0.1) is 11.8 Å². The molecule has 0 spiro atoms. The highest BCUT2D eigenvalue weighted by molar-refractivity contribution is 6.17. The van der Waals surface area contributed by atoms with Crippen molar-refractivity contribution in [3.8, 4) is 0 Å². The number of carbonyl (C=O) groups excluding carboxylic acids is 2. The lowest BCUT2D eigenvalue weighted by Crippen LogP contribution is -2.16. The summed E-state index contributed by atoms with van der Waals surface area (Å²) in [5, 5.41) is 0. The highest BCUT2D eigenvalue weighted by Crippen LogP contribution is 2.24. The summed E-state index contributed by atoms with van der Waals surface area (Å²) in [7, 11) is 0. The normalized spacial score (nSPS) is 19.6. The molecule has 0 fully saturated rings. The van der Waals surface area contributed by atoms with Gasteiger partial charge in [-0.3, -0.25) is 9.59 Å². The molecule has 2 atom stereocenters. The topological polar surface area (TPSA) is 34.1 Å². The van der Waals surface area contributed by atoms with Gasteiger partial charge in [-0.2, -0.15) is 0 Å². The summed E-state index contributed by atoms with van der Waals surface area (Å²) in [5.74, 6) is 0.720. The van der Waals surface area contributed by atoms with E-state index in [4.69, 9.17) is 0 Å². The molecule has 0 aromatic heterocycles. The van der Waals surface area contributed by atoms with Crippen molar-refractivity contribution in [1.29, 1.82) is 0 Å². The fraction of sp³-hybridized carbons (Fsp3) is 0.571. The Balaban J connectivity index is 2.63. The maximum Gasteiger partial charge on any atom is 0.182 e. The van der Waals surface area contributed by atoms with E-state index in [1.54, 1.807) is 0 Å². The number of hydrogen-bond donors (Lipinski definition) is 0. The predicted octanol–water partition coefficient (Wildman–Crippen LogP) is 3.08. The van der Waals surface area contributed by atoms with Gasteiger partial charge in [0.1, 0.15) is 0 Å². The molecule has 2 heteroatoms. The van der Waals surface area contributed by atoms with Gasteiger partial charge >= 0.3 is 0 Å². The number of carbonyl (C=O) groups is 2. The zero-order chi connectivity index (χ0) is 12.1. The summed E-state index contributed by atoms with van der Waals surface area (Å²) in [6.45, 7) is 6.40. The lowest BCUT2D eigenvalue weighted by molar-refractivity contribution is -0.115. The number of rotatable bonds is 5. The Morgan fingerprint density at radius 2 is 1.88 bits per heavy atom. The fourth-order valence-electron chi connectivity index (χ4n) is 2.25. The molecule has 88 valence electrons. The summed E-state index contributed by atoms with van der Waals surface area (Å²) in [6, 6.07) is 0. The van der Waals surface area contributed by atoms with Gasteiger partial charge in [0.25, 0.3) is 0 Å². The Bertz CT molecular complexity index is 337. The minimum absolute atomic E-state index is 0.00389. The van der Waals surface area contributed by atoms with Crippen molar-refractivity contribution in [1.82, 2.24) is 0 Å². The largest absolute Gasteiger partial charge is 0.290 e. The minimum atomic E-state index is -0.0652. The SMILES string of the molecule is CCCC(C)CC(C)C1=CC(=O)C=CC1=O. The van der Waals surface area contributed by atoms with Crippen LogP contribution >= 0.6 is 0 Å². The van der Waals surface area contributed by atoms with Gasteiger partial charge in [-0.05, 0) is 36.5 Å². The highest BCUT2D eigenvalue weighted by Gasteiger charge is 2.20. The molecule has 0 amide bonds.